The van der Waals surface area contributed by atoms with E-state index < -0.39 is 0 Å². The van der Waals surface area contributed by atoms with Crippen molar-refractivity contribution in [2.24, 2.45) is 5.92 Å². The lowest BCUT2D eigenvalue weighted by Gasteiger charge is -2.24. The molecule has 4 rings (SSSR count). The Morgan fingerprint density at radius 2 is 1.52 bits per heavy atom. The van der Waals surface area contributed by atoms with Crippen LogP contribution >= 0.6 is 0 Å². The normalized spacial score (nSPS) is 22.8. The van der Waals surface area contributed by atoms with Gasteiger partial charge in [-0.05, 0) is 42.5 Å². The summed E-state index contributed by atoms with van der Waals surface area (Å²) in [6.45, 7) is 1.87. The monoisotopic (exact) mass is 427 g/mol. The first-order valence-electron chi connectivity index (χ1n) is 10.9. The van der Waals surface area contributed by atoms with E-state index in [-0.39, 0.29) is 0 Å². The topological polar surface area (TPSA) is 49.4 Å². The minimum absolute atomic E-state index is 0.436. The Kier molecular flexibility index (Phi) is 6.46. The maximum Gasteiger partial charge on any atom is 0.203 e. The molecule has 2 aromatic carbocycles. The molecule has 0 amide bonds. The lowest BCUT2D eigenvalue weighted by molar-refractivity contribution is 0.229. The van der Waals surface area contributed by atoms with Crippen LogP contribution in [0, 0.1) is 5.92 Å². The molecular formula is C25H33NO5. The number of rotatable bonds is 8. The molecular weight excluding hydrogens is 394 g/mol. The van der Waals surface area contributed by atoms with Gasteiger partial charge < -0.3 is 23.7 Å². The fourth-order valence-electron chi connectivity index (χ4n) is 5.47. The Morgan fingerprint density at radius 1 is 0.806 bits per heavy atom. The van der Waals surface area contributed by atoms with E-state index in [9.17, 15) is 0 Å². The van der Waals surface area contributed by atoms with Gasteiger partial charge in [-0.3, -0.25) is 4.90 Å². The van der Waals surface area contributed by atoms with Gasteiger partial charge in [0.15, 0.2) is 11.5 Å². The van der Waals surface area contributed by atoms with Gasteiger partial charge in [-0.15, -0.1) is 0 Å². The minimum atomic E-state index is 0.436. The summed E-state index contributed by atoms with van der Waals surface area (Å²) in [5.74, 6) is 4.86. The minimum Gasteiger partial charge on any atom is -0.497 e. The van der Waals surface area contributed by atoms with Crippen molar-refractivity contribution in [1.29, 1.82) is 0 Å². The van der Waals surface area contributed by atoms with Crippen LogP contribution in [0.3, 0.4) is 0 Å². The summed E-state index contributed by atoms with van der Waals surface area (Å²) in [5.41, 5.74) is 2.45. The van der Waals surface area contributed by atoms with Gasteiger partial charge >= 0.3 is 0 Å². The van der Waals surface area contributed by atoms with Crippen LogP contribution in [0.1, 0.15) is 36.3 Å². The fourth-order valence-corrected chi connectivity index (χ4v) is 5.47. The summed E-state index contributed by atoms with van der Waals surface area (Å²) in [6.07, 6.45) is 3.76. The van der Waals surface area contributed by atoms with Crippen LogP contribution in [-0.2, 0) is 6.54 Å². The van der Waals surface area contributed by atoms with E-state index in [4.69, 9.17) is 23.7 Å². The predicted octanol–water partition coefficient (Wildman–Crippen LogP) is 4.50. The highest BCUT2D eigenvalue weighted by Crippen LogP contribution is 2.50. The van der Waals surface area contributed by atoms with Crippen molar-refractivity contribution in [1.82, 2.24) is 4.90 Å². The van der Waals surface area contributed by atoms with E-state index in [2.05, 4.69) is 23.1 Å². The Morgan fingerprint density at radius 3 is 2.13 bits per heavy atom. The quantitative estimate of drug-likeness (QED) is 0.618. The van der Waals surface area contributed by atoms with Gasteiger partial charge in [0.25, 0.3) is 0 Å². The second-order valence-electron chi connectivity index (χ2n) is 8.33. The van der Waals surface area contributed by atoms with Crippen molar-refractivity contribution < 1.29 is 23.7 Å². The van der Waals surface area contributed by atoms with Gasteiger partial charge in [-0.1, -0.05) is 12.5 Å². The van der Waals surface area contributed by atoms with E-state index in [1.54, 1.807) is 35.5 Å². The van der Waals surface area contributed by atoms with Crippen LogP contribution in [0.25, 0.3) is 0 Å². The first-order chi connectivity index (χ1) is 15.1. The number of hydrogen-bond acceptors (Lipinski definition) is 6. The maximum atomic E-state index is 5.65. The van der Waals surface area contributed by atoms with Gasteiger partial charge in [-0.2, -0.15) is 0 Å². The molecule has 2 aromatic rings. The Balaban J connectivity index is 1.63. The molecule has 0 N–H and O–H groups in total. The van der Waals surface area contributed by atoms with E-state index in [1.165, 1.54) is 30.4 Å². The summed E-state index contributed by atoms with van der Waals surface area (Å²) in [4.78, 5) is 2.62. The molecule has 0 aromatic heterocycles. The SMILES string of the molecule is COc1ccc(CN2CC(c3cc(OC)c(OC)c(OC)c3)C3CCCC32)c(OC)c1. The highest BCUT2D eigenvalue weighted by Gasteiger charge is 2.45. The molecule has 1 aliphatic carbocycles. The average molecular weight is 428 g/mol. The molecule has 1 heterocycles. The lowest BCUT2D eigenvalue weighted by Crippen LogP contribution is -2.29. The third-order valence-corrected chi connectivity index (χ3v) is 6.93. The third kappa shape index (κ3) is 4.01. The molecule has 6 nitrogen and oxygen atoms in total. The molecule has 0 bridgehead atoms. The van der Waals surface area contributed by atoms with Gasteiger partial charge in [0, 0.05) is 36.7 Å². The first-order valence-corrected chi connectivity index (χ1v) is 10.9. The molecule has 31 heavy (non-hydrogen) atoms. The summed E-state index contributed by atoms with van der Waals surface area (Å²) in [6, 6.07) is 10.9. The molecule has 2 fully saturated rings. The number of nitrogens with zero attached hydrogens (tertiary/aromatic N) is 1. The molecule has 1 aliphatic heterocycles. The Hall–Kier alpha value is -2.60. The van der Waals surface area contributed by atoms with E-state index in [0.717, 1.165) is 36.1 Å². The number of methoxy groups -OCH3 is 5. The fraction of sp³-hybridized carbons (Fsp3) is 0.520. The molecule has 3 atom stereocenters. The number of likely N-dealkylation sites (tertiary alicyclic amines) is 1. The van der Waals surface area contributed by atoms with Crippen LogP contribution in [0.4, 0.5) is 0 Å². The van der Waals surface area contributed by atoms with Crippen molar-refractivity contribution in [3.63, 3.8) is 0 Å². The summed E-state index contributed by atoms with van der Waals surface area (Å²) >= 11 is 0. The smallest absolute Gasteiger partial charge is 0.203 e. The number of hydrogen-bond donors (Lipinski definition) is 0. The average Bonchev–Trinajstić information content (AvgIpc) is 3.42. The first kappa shape index (κ1) is 21.6. The number of fused-ring (bicyclic) bond motifs is 1. The molecule has 3 unspecified atom stereocenters. The predicted molar refractivity (Wildman–Crippen MR) is 120 cm³/mol. The lowest BCUT2D eigenvalue weighted by atomic mass is 9.86. The Bertz CT molecular complexity index is 890. The highest BCUT2D eigenvalue weighted by atomic mass is 16.5. The Labute approximate surface area is 185 Å². The molecule has 0 radical (unpaired) electrons. The largest absolute Gasteiger partial charge is 0.497 e. The van der Waals surface area contributed by atoms with E-state index in [0.29, 0.717) is 23.6 Å². The van der Waals surface area contributed by atoms with Crippen LogP contribution in [0.15, 0.2) is 30.3 Å². The van der Waals surface area contributed by atoms with Crippen molar-refractivity contribution >= 4 is 0 Å². The van der Waals surface area contributed by atoms with Gasteiger partial charge in [-0.25, -0.2) is 0 Å². The van der Waals surface area contributed by atoms with Gasteiger partial charge in [0.2, 0.25) is 5.75 Å². The van der Waals surface area contributed by atoms with Crippen molar-refractivity contribution in [2.75, 3.05) is 42.1 Å². The van der Waals surface area contributed by atoms with Gasteiger partial charge in [0.05, 0.1) is 35.5 Å². The second-order valence-corrected chi connectivity index (χ2v) is 8.33. The standard InChI is InChI=1S/C25H33NO5/c1-27-18-10-9-16(22(13-18)28-2)14-26-15-20(19-7-6-8-21(19)26)17-11-23(29-3)25(31-5)24(12-17)30-4/h9-13,19-21H,6-8,14-15H2,1-5H3. The third-order valence-electron chi connectivity index (χ3n) is 6.93. The molecule has 6 heteroatoms. The molecule has 168 valence electrons. The van der Waals surface area contributed by atoms with Crippen LogP contribution in [-0.4, -0.2) is 53.0 Å². The highest BCUT2D eigenvalue weighted by molar-refractivity contribution is 5.55. The summed E-state index contributed by atoms with van der Waals surface area (Å²) < 4.78 is 27.8. The van der Waals surface area contributed by atoms with E-state index >= 15 is 0 Å². The van der Waals surface area contributed by atoms with Crippen LogP contribution in [0.5, 0.6) is 28.7 Å². The molecule has 0 spiro atoms. The van der Waals surface area contributed by atoms with Crippen LogP contribution < -0.4 is 23.7 Å². The zero-order valence-corrected chi connectivity index (χ0v) is 19.1. The van der Waals surface area contributed by atoms with Crippen molar-refractivity contribution in [2.45, 2.75) is 37.8 Å². The summed E-state index contributed by atoms with van der Waals surface area (Å²) in [7, 11) is 8.40. The van der Waals surface area contributed by atoms with Crippen molar-refractivity contribution in [3.05, 3.63) is 41.5 Å². The molecule has 1 saturated carbocycles. The zero-order valence-electron chi connectivity index (χ0n) is 19.1. The number of ether oxygens (including phenoxy) is 5. The zero-order chi connectivity index (χ0) is 22.0. The molecule has 1 saturated heterocycles. The van der Waals surface area contributed by atoms with Gasteiger partial charge in [0.1, 0.15) is 11.5 Å². The summed E-state index contributed by atoms with van der Waals surface area (Å²) in [5, 5.41) is 0. The van der Waals surface area contributed by atoms with Crippen LogP contribution in [0.2, 0.25) is 0 Å². The number of benzene rings is 2. The maximum absolute atomic E-state index is 5.65. The second kappa shape index (κ2) is 9.27. The van der Waals surface area contributed by atoms with Crippen molar-refractivity contribution in [3.8, 4) is 28.7 Å². The van der Waals surface area contributed by atoms with E-state index in [1.807, 2.05) is 12.1 Å². The molecule has 2 aliphatic rings.